The van der Waals surface area contributed by atoms with Crippen LogP contribution in [0.2, 0.25) is 0 Å². The molecule has 1 heterocycles. The summed E-state index contributed by atoms with van der Waals surface area (Å²) in [5.41, 5.74) is 0.591. The van der Waals surface area contributed by atoms with Crippen LogP contribution in [0.15, 0.2) is 29.5 Å². The van der Waals surface area contributed by atoms with Gasteiger partial charge in [-0.3, -0.25) is 0 Å². The Morgan fingerprint density at radius 1 is 1.09 bits per heavy atom. The lowest BCUT2D eigenvalue weighted by molar-refractivity contribution is 0.313. The van der Waals surface area contributed by atoms with E-state index < -0.39 is 5.82 Å². The van der Waals surface area contributed by atoms with E-state index >= 15 is 0 Å². The second-order valence-electron chi connectivity index (χ2n) is 5.16. The van der Waals surface area contributed by atoms with Crippen LogP contribution < -0.4 is 10.2 Å². The SMILES string of the molecule is CN1CCN(c2ccc(F)cc2NC(C#N)=C(C#N)C#N)CC1. The van der Waals surface area contributed by atoms with Crippen LogP contribution in [-0.2, 0) is 0 Å². The zero-order valence-corrected chi connectivity index (χ0v) is 12.7. The predicted molar refractivity (Wildman–Crippen MR) is 83.6 cm³/mol. The lowest BCUT2D eigenvalue weighted by atomic mass is 10.2. The molecule has 7 heteroatoms. The molecule has 1 aliphatic rings. The number of hydrogen-bond donors (Lipinski definition) is 1. The number of allylic oxidation sites excluding steroid dienone is 2. The number of piperazine rings is 1. The van der Waals surface area contributed by atoms with Crippen molar-refractivity contribution in [3.8, 4) is 18.2 Å². The number of nitrogens with one attached hydrogen (secondary N) is 1. The van der Waals surface area contributed by atoms with Gasteiger partial charge in [-0.1, -0.05) is 0 Å². The van der Waals surface area contributed by atoms with Gasteiger partial charge >= 0.3 is 0 Å². The van der Waals surface area contributed by atoms with Gasteiger partial charge in [0, 0.05) is 26.2 Å². The van der Waals surface area contributed by atoms with Gasteiger partial charge in [-0.2, -0.15) is 15.8 Å². The van der Waals surface area contributed by atoms with E-state index in [1.807, 2.05) is 7.05 Å². The Morgan fingerprint density at radius 3 is 2.30 bits per heavy atom. The van der Waals surface area contributed by atoms with Crippen molar-refractivity contribution in [3.05, 3.63) is 35.3 Å². The fourth-order valence-electron chi connectivity index (χ4n) is 2.35. The zero-order chi connectivity index (χ0) is 16.8. The quantitative estimate of drug-likeness (QED) is 0.856. The third-order valence-corrected chi connectivity index (χ3v) is 3.65. The van der Waals surface area contributed by atoms with Crippen LogP contribution >= 0.6 is 0 Å². The number of nitrogens with zero attached hydrogens (tertiary/aromatic N) is 5. The summed E-state index contributed by atoms with van der Waals surface area (Å²) in [5.74, 6) is -0.460. The Labute approximate surface area is 134 Å². The van der Waals surface area contributed by atoms with Crippen molar-refractivity contribution in [1.82, 2.24) is 4.90 Å². The summed E-state index contributed by atoms with van der Waals surface area (Å²) in [6, 6.07) is 9.36. The molecule has 0 spiro atoms. The Hall–Kier alpha value is -3.08. The highest BCUT2D eigenvalue weighted by molar-refractivity contribution is 5.74. The first-order valence-electron chi connectivity index (χ1n) is 7.03. The minimum absolute atomic E-state index is 0.184. The molecule has 6 nitrogen and oxygen atoms in total. The monoisotopic (exact) mass is 310 g/mol. The summed E-state index contributed by atoms with van der Waals surface area (Å²) in [6.07, 6.45) is 0. The number of halogens is 1. The topological polar surface area (TPSA) is 89.9 Å². The first kappa shape index (κ1) is 16.3. The molecule has 1 aromatic rings. The van der Waals surface area contributed by atoms with Gasteiger partial charge in [0.1, 0.15) is 29.7 Å². The van der Waals surface area contributed by atoms with Gasteiger partial charge in [-0.05, 0) is 25.2 Å². The van der Waals surface area contributed by atoms with Crippen molar-refractivity contribution in [2.75, 3.05) is 43.4 Å². The molecule has 2 rings (SSSR count). The van der Waals surface area contributed by atoms with E-state index in [0.29, 0.717) is 5.69 Å². The van der Waals surface area contributed by atoms with E-state index in [1.165, 1.54) is 12.1 Å². The van der Waals surface area contributed by atoms with Crippen LogP contribution in [0.1, 0.15) is 0 Å². The average Bonchev–Trinajstić information content (AvgIpc) is 2.56. The molecular formula is C16H15FN6. The minimum atomic E-state index is -0.460. The molecule has 1 fully saturated rings. The fourth-order valence-corrected chi connectivity index (χ4v) is 2.35. The summed E-state index contributed by atoms with van der Waals surface area (Å²) in [5, 5.41) is 29.7. The average molecular weight is 310 g/mol. The van der Waals surface area contributed by atoms with Gasteiger partial charge in [-0.15, -0.1) is 0 Å². The maximum Gasteiger partial charge on any atom is 0.163 e. The molecule has 23 heavy (non-hydrogen) atoms. The molecule has 0 aromatic heterocycles. The molecule has 0 bridgehead atoms. The van der Waals surface area contributed by atoms with Crippen LogP contribution in [0.5, 0.6) is 0 Å². The fraction of sp³-hybridized carbons (Fsp3) is 0.312. The number of rotatable bonds is 3. The molecule has 0 atom stereocenters. The molecule has 1 N–H and O–H groups in total. The summed E-state index contributed by atoms with van der Waals surface area (Å²) < 4.78 is 13.6. The number of likely N-dealkylation sites (N-methyl/N-ethyl adjacent to an activating group) is 1. The lowest BCUT2D eigenvalue weighted by Crippen LogP contribution is -2.44. The third-order valence-electron chi connectivity index (χ3n) is 3.65. The number of benzene rings is 1. The standard InChI is InChI=1S/C16H15FN6/c1-22-4-6-23(7-5-22)16-3-2-13(17)8-14(16)21-15(11-20)12(9-18)10-19/h2-3,8,21H,4-7H2,1H3. The predicted octanol–water partition coefficient (Wildman–Crippen LogP) is 1.81. The van der Waals surface area contributed by atoms with Gasteiger partial charge in [-0.25, -0.2) is 4.39 Å². The molecule has 1 aliphatic heterocycles. The van der Waals surface area contributed by atoms with E-state index in [0.717, 1.165) is 31.9 Å². The summed E-state index contributed by atoms with van der Waals surface area (Å²) in [4.78, 5) is 4.27. The van der Waals surface area contributed by atoms with Crippen molar-refractivity contribution in [1.29, 1.82) is 15.8 Å². The summed E-state index contributed by atoms with van der Waals surface area (Å²) >= 11 is 0. The van der Waals surface area contributed by atoms with Crippen molar-refractivity contribution in [3.63, 3.8) is 0 Å². The summed E-state index contributed by atoms with van der Waals surface area (Å²) in [7, 11) is 2.03. The van der Waals surface area contributed by atoms with Crippen molar-refractivity contribution >= 4 is 11.4 Å². The number of hydrogen-bond acceptors (Lipinski definition) is 6. The van der Waals surface area contributed by atoms with Crippen LogP contribution in [0.4, 0.5) is 15.8 Å². The molecule has 0 aliphatic carbocycles. The van der Waals surface area contributed by atoms with E-state index in [2.05, 4.69) is 15.1 Å². The third kappa shape index (κ3) is 3.77. The van der Waals surface area contributed by atoms with Crippen LogP contribution in [0.25, 0.3) is 0 Å². The van der Waals surface area contributed by atoms with Crippen LogP contribution in [0.3, 0.4) is 0 Å². The highest BCUT2D eigenvalue weighted by Crippen LogP contribution is 2.29. The molecule has 1 aromatic carbocycles. The molecule has 1 saturated heterocycles. The maximum absolute atomic E-state index is 13.6. The summed E-state index contributed by atoms with van der Waals surface area (Å²) in [6.45, 7) is 3.29. The Kier molecular flexibility index (Phi) is 5.15. The Morgan fingerprint density at radius 2 is 1.74 bits per heavy atom. The minimum Gasteiger partial charge on any atom is -0.367 e. The van der Waals surface area contributed by atoms with Gasteiger partial charge < -0.3 is 15.1 Å². The van der Waals surface area contributed by atoms with E-state index in [1.54, 1.807) is 24.3 Å². The molecule has 0 amide bonds. The Bertz CT molecular complexity index is 725. The van der Waals surface area contributed by atoms with Crippen LogP contribution in [-0.4, -0.2) is 38.1 Å². The van der Waals surface area contributed by atoms with Gasteiger partial charge in [0.2, 0.25) is 0 Å². The smallest absolute Gasteiger partial charge is 0.163 e. The van der Waals surface area contributed by atoms with Crippen molar-refractivity contribution in [2.45, 2.75) is 0 Å². The molecular weight excluding hydrogens is 295 g/mol. The molecule has 0 saturated carbocycles. The van der Waals surface area contributed by atoms with E-state index in [4.69, 9.17) is 15.8 Å². The lowest BCUT2D eigenvalue weighted by Gasteiger charge is -2.35. The second-order valence-corrected chi connectivity index (χ2v) is 5.16. The van der Waals surface area contributed by atoms with Gasteiger partial charge in [0.15, 0.2) is 5.57 Å². The highest BCUT2D eigenvalue weighted by atomic mass is 19.1. The largest absolute Gasteiger partial charge is 0.367 e. The zero-order valence-electron chi connectivity index (χ0n) is 12.7. The molecule has 116 valence electrons. The normalized spacial score (nSPS) is 14.3. The Balaban J connectivity index is 2.37. The number of anilines is 2. The van der Waals surface area contributed by atoms with Gasteiger partial charge in [0.05, 0.1) is 11.4 Å². The first-order chi connectivity index (χ1) is 11.1. The van der Waals surface area contributed by atoms with Crippen LogP contribution in [0, 0.1) is 39.8 Å². The van der Waals surface area contributed by atoms with Crippen molar-refractivity contribution in [2.24, 2.45) is 0 Å². The molecule has 0 unspecified atom stereocenters. The first-order valence-corrected chi connectivity index (χ1v) is 7.03. The van der Waals surface area contributed by atoms with Gasteiger partial charge in [0.25, 0.3) is 0 Å². The highest BCUT2D eigenvalue weighted by Gasteiger charge is 2.18. The maximum atomic E-state index is 13.6. The number of nitriles is 3. The van der Waals surface area contributed by atoms with Crippen molar-refractivity contribution < 1.29 is 4.39 Å². The van der Waals surface area contributed by atoms with E-state index in [9.17, 15) is 4.39 Å². The second kappa shape index (κ2) is 7.26. The molecule has 0 radical (unpaired) electrons. The van der Waals surface area contributed by atoms with E-state index in [-0.39, 0.29) is 11.3 Å².